The average molecular weight is 659 g/mol. The minimum atomic E-state index is -0.242. The lowest BCUT2D eigenvalue weighted by Gasteiger charge is -2.23. The predicted octanol–water partition coefficient (Wildman–Crippen LogP) is 11.3. The second-order valence-corrected chi connectivity index (χ2v) is 13.7. The van der Waals surface area contributed by atoms with Crippen molar-refractivity contribution in [3.63, 3.8) is 0 Å². The van der Waals surface area contributed by atoms with E-state index < -0.39 is 0 Å². The van der Waals surface area contributed by atoms with Crippen molar-refractivity contribution in [1.82, 2.24) is 9.88 Å². The van der Waals surface area contributed by atoms with Gasteiger partial charge in [-0.2, -0.15) is 0 Å². The Kier molecular flexibility index (Phi) is 6.71. The number of rotatable bonds is 5. The highest BCUT2D eigenvalue weighted by Crippen LogP contribution is 2.43. The number of amidine groups is 2. The zero-order chi connectivity index (χ0) is 33.0. The summed E-state index contributed by atoms with van der Waals surface area (Å²) in [4.78, 5) is 10.2. The van der Waals surface area contributed by atoms with Gasteiger partial charge in [-0.25, -0.2) is 9.98 Å². The summed E-state index contributed by atoms with van der Waals surface area (Å²) in [5, 5.41) is 8.66. The van der Waals surface area contributed by atoms with Crippen LogP contribution in [0.5, 0.6) is 0 Å². The highest BCUT2D eigenvalue weighted by Gasteiger charge is 2.22. The largest absolute Gasteiger partial charge is 0.344 e. The summed E-state index contributed by atoms with van der Waals surface area (Å²) in [5.74, 6) is 1.53. The Bertz CT molecular complexity index is 2760. The van der Waals surface area contributed by atoms with Gasteiger partial charge in [-0.05, 0) is 53.1 Å². The van der Waals surface area contributed by atoms with Gasteiger partial charge in [0.1, 0.15) is 12.0 Å². The number of thiophene rings is 1. The number of aromatic nitrogens is 1. The van der Waals surface area contributed by atoms with Crippen molar-refractivity contribution >= 4 is 65.0 Å². The maximum atomic E-state index is 5.11. The highest BCUT2D eigenvalue weighted by molar-refractivity contribution is 7.26. The average Bonchev–Trinajstić information content (AvgIpc) is 3.74. The van der Waals surface area contributed by atoms with Crippen molar-refractivity contribution in [1.29, 1.82) is 0 Å². The number of benzene rings is 7. The molecule has 1 unspecified atom stereocenters. The Morgan fingerprint density at radius 3 is 1.94 bits per heavy atom. The van der Waals surface area contributed by atoms with Crippen molar-refractivity contribution in [2.24, 2.45) is 9.98 Å². The molecule has 0 amide bonds. The van der Waals surface area contributed by atoms with Crippen molar-refractivity contribution in [3.05, 3.63) is 187 Å². The van der Waals surface area contributed by atoms with E-state index >= 15 is 0 Å². The molecule has 1 N–H and O–H groups in total. The standard InChI is InChI=1S/C45H30N4S/c1-4-12-29(13-5-1)33-22-25-35-37-26-27-38-36-18-10-11-19-40(36)50-42(38)41(37)49(39(35)28-33)34-23-20-32(21-24-34)45-47-43(30-14-6-2-7-15-30)46-44(48-45)31-16-8-3-9-17-31/h1-28,43H,(H,46,47,48). The first-order valence-electron chi connectivity index (χ1n) is 16.9. The molecule has 50 heavy (non-hydrogen) atoms. The van der Waals surface area contributed by atoms with Crippen LogP contribution in [0.4, 0.5) is 0 Å². The second-order valence-electron chi connectivity index (χ2n) is 12.7. The Labute approximate surface area is 293 Å². The molecule has 0 aliphatic carbocycles. The van der Waals surface area contributed by atoms with Crippen LogP contribution < -0.4 is 5.32 Å². The molecule has 5 heteroatoms. The van der Waals surface area contributed by atoms with Crippen LogP contribution in [0.15, 0.2) is 180 Å². The fourth-order valence-electron chi connectivity index (χ4n) is 7.24. The summed E-state index contributed by atoms with van der Waals surface area (Å²) in [6.07, 6.45) is -0.242. The van der Waals surface area contributed by atoms with Crippen LogP contribution in [-0.2, 0) is 0 Å². The number of hydrogen-bond acceptors (Lipinski definition) is 4. The van der Waals surface area contributed by atoms with Crippen molar-refractivity contribution < 1.29 is 0 Å². The summed E-state index contributed by atoms with van der Waals surface area (Å²) in [6.45, 7) is 0. The third-order valence-electron chi connectivity index (χ3n) is 9.67. The molecular formula is C45H30N4S. The van der Waals surface area contributed by atoms with Crippen LogP contribution in [0, 0.1) is 0 Å². The van der Waals surface area contributed by atoms with Crippen LogP contribution >= 0.6 is 11.3 Å². The number of nitrogens with one attached hydrogen (secondary N) is 1. The van der Waals surface area contributed by atoms with E-state index in [-0.39, 0.29) is 6.17 Å². The van der Waals surface area contributed by atoms with E-state index in [9.17, 15) is 0 Å². The zero-order valence-electron chi connectivity index (χ0n) is 27.0. The minimum Gasteiger partial charge on any atom is -0.344 e. The molecule has 1 aliphatic rings. The quantitative estimate of drug-likeness (QED) is 0.196. The molecule has 1 aliphatic heterocycles. The van der Waals surface area contributed by atoms with Gasteiger partial charge >= 0.3 is 0 Å². The molecular weight excluding hydrogens is 629 g/mol. The predicted molar refractivity (Wildman–Crippen MR) is 211 cm³/mol. The van der Waals surface area contributed by atoms with E-state index in [1.165, 1.54) is 53.1 Å². The molecule has 0 spiro atoms. The minimum absolute atomic E-state index is 0.242. The summed E-state index contributed by atoms with van der Waals surface area (Å²) in [5.41, 5.74) is 9.03. The van der Waals surface area contributed by atoms with Gasteiger partial charge in [-0.1, -0.05) is 133 Å². The second kappa shape index (κ2) is 11.7. The number of hydrogen-bond donors (Lipinski definition) is 1. The number of fused-ring (bicyclic) bond motifs is 7. The third-order valence-corrected chi connectivity index (χ3v) is 10.9. The van der Waals surface area contributed by atoms with Crippen molar-refractivity contribution in [2.45, 2.75) is 6.17 Å². The third kappa shape index (κ3) is 4.74. The first-order valence-corrected chi connectivity index (χ1v) is 17.7. The van der Waals surface area contributed by atoms with Gasteiger partial charge in [0.2, 0.25) is 0 Å². The van der Waals surface area contributed by atoms with Gasteiger partial charge in [-0.15, -0.1) is 11.3 Å². The van der Waals surface area contributed by atoms with Crippen LogP contribution in [-0.4, -0.2) is 16.2 Å². The van der Waals surface area contributed by atoms with Gasteiger partial charge in [0.05, 0.1) is 15.7 Å². The van der Waals surface area contributed by atoms with Crippen molar-refractivity contribution in [3.8, 4) is 16.8 Å². The van der Waals surface area contributed by atoms with Gasteiger partial charge in [-0.3, -0.25) is 0 Å². The SMILES string of the molecule is c1ccc(C2=NC(c3ccc(-n4c5cc(-c6ccccc6)ccc5c5ccc6c7ccccc7sc6c54)cc3)=NC(c3ccccc3)N2)cc1. The maximum Gasteiger partial charge on any atom is 0.159 e. The number of aliphatic imine (C=N–C) groups is 2. The molecule has 9 aromatic rings. The zero-order valence-corrected chi connectivity index (χ0v) is 27.8. The summed E-state index contributed by atoms with van der Waals surface area (Å²) >= 11 is 1.87. The lowest BCUT2D eigenvalue weighted by Crippen LogP contribution is -2.33. The lowest BCUT2D eigenvalue weighted by molar-refractivity contribution is 0.674. The molecule has 10 rings (SSSR count). The van der Waals surface area contributed by atoms with E-state index in [1.54, 1.807) is 0 Å². The highest BCUT2D eigenvalue weighted by atomic mass is 32.1. The van der Waals surface area contributed by atoms with Gasteiger partial charge < -0.3 is 9.88 Å². The summed E-state index contributed by atoms with van der Waals surface area (Å²) in [7, 11) is 0. The molecule has 0 saturated heterocycles. The molecule has 3 heterocycles. The Hall–Kier alpha value is -6.30. The molecule has 0 saturated carbocycles. The normalized spacial score (nSPS) is 14.6. The van der Waals surface area contributed by atoms with Crippen molar-refractivity contribution in [2.75, 3.05) is 0 Å². The molecule has 2 aromatic heterocycles. The van der Waals surface area contributed by atoms with E-state index in [4.69, 9.17) is 9.98 Å². The molecule has 0 radical (unpaired) electrons. The molecule has 1 atom stereocenters. The lowest BCUT2D eigenvalue weighted by atomic mass is 10.0. The van der Waals surface area contributed by atoms with Crippen LogP contribution in [0.25, 0.3) is 58.8 Å². The van der Waals surface area contributed by atoms with Crippen LogP contribution in [0.2, 0.25) is 0 Å². The summed E-state index contributed by atoms with van der Waals surface area (Å²) < 4.78 is 5.06. The van der Waals surface area contributed by atoms with E-state index in [1.807, 2.05) is 35.6 Å². The molecule has 0 fully saturated rings. The number of nitrogens with zero attached hydrogens (tertiary/aromatic N) is 3. The molecule has 4 nitrogen and oxygen atoms in total. The first kappa shape index (κ1) is 28.7. The molecule has 7 aromatic carbocycles. The van der Waals surface area contributed by atoms with Gasteiger partial charge in [0.25, 0.3) is 0 Å². The summed E-state index contributed by atoms with van der Waals surface area (Å²) in [6, 6.07) is 60.3. The Balaban J connectivity index is 1.17. The first-order chi connectivity index (χ1) is 24.8. The Morgan fingerprint density at radius 1 is 0.520 bits per heavy atom. The van der Waals surface area contributed by atoms with Crippen LogP contribution in [0.1, 0.15) is 22.9 Å². The smallest absolute Gasteiger partial charge is 0.159 e. The van der Waals surface area contributed by atoms with E-state index in [0.29, 0.717) is 5.84 Å². The maximum absolute atomic E-state index is 5.11. The van der Waals surface area contributed by atoms with Gasteiger partial charge in [0, 0.05) is 43.1 Å². The monoisotopic (exact) mass is 658 g/mol. The molecule has 236 valence electrons. The van der Waals surface area contributed by atoms with Crippen LogP contribution in [0.3, 0.4) is 0 Å². The van der Waals surface area contributed by atoms with E-state index in [2.05, 4.69) is 155 Å². The molecule has 0 bridgehead atoms. The Morgan fingerprint density at radius 2 is 1.16 bits per heavy atom. The fourth-order valence-corrected chi connectivity index (χ4v) is 8.48. The topological polar surface area (TPSA) is 41.7 Å². The van der Waals surface area contributed by atoms with E-state index in [0.717, 1.165) is 28.2 Å². The fraction of sp³-hybridized carbons (Fsp3) is 0.0222. The van der Waals surface area contributed by atoms with Gasteiger partial charge in [0.15, 0.2) is 5.84 Å².